The fraction of sp³-hybridized carbons (Fsp3) is 0.294. The van der Waals surface area contributed by atoms with Crippen LogP contribution in [0.5, 0.6) is 0 Å². The molecule has 0 aliphatic heterocycles. The van der Waals surface area contributed by atoms with Crippen molar-refractivity contribution in [3.63, 3.8) is 0 Å². The highest BCUT2D eigenvalue weighted by Crippen LogP contribution is 2.53. The van der Waals surface area contributed by atoms with Crippen molar-refractivity contribution >= 4 is 54.7 Å². The van der Waals surface area contributed by atoms with Gasteiger partial charge in [-0.05, 0) is 60.9 Å². The molecule has 1 N–H and O–H groups in total. The van der Waals surface area contributed by atoms with Crippen LogP contribution in [0.15, 0.2) is 47.4 Å². The fourth-order valence-electron chi connectivity index (χ4n) is 3.38. The summed E-state index contributed by atoms with van der Waals surface area (Å²) < 4.78 is 87.7. The molecule has 0 saturated heterocycles. The van der Waals surface area contributed by atoms with Gasteiger partial charge in [0.2, 0.25) is 0 Å². The van der Waals surface area contributed by atoms with Gasteiger partial charge in [-0.15, -0.1) is 0 Å². The quantitative estimate of drug-likeness (QED) is 0.605. The first-order valence-corrected chi connectivity index (χ1v) is 12.3. The zero-order chi connectivity index (χ0) is 22.5. The number of sulfone groups is 1. The van der Waals surface area contributed by atoms with Crippen LogP contribution in [0.1, 0.15) is 18.4 Å². The number of benzene rings is 2. The van der Waals surface area contributed by atoms with Gasteiger partial charge in [-0.1, -0.05) is 34.8 Å². The number of nitrogens with one attached hydrogen (secondary N) is 1. The van der Waals surface area contributed by atoms with Crippen molar-refractivity contribution in [2.75, 3.05) is 0 Å². The van der Waals surface area contributed by atoms with Gasteiger partial charge in [0.1, 0.15) is 4.75 Å². The first-order valence-electron chi connectivity index (χ1n) is 8.24. The topological polar surface area (TPSA) is 80.3 Å². The Labute approximate surface area is 186 Å². The van der Waals surface area contributed by atoms with Crippen LogP contribution in [0.25, 0.3) is 0 Å². The summed E-state index contributed by atoms with van der Waals surface area (Å²) in [5, 5.41) is 0.488. The molecule has 0 radical (unpaired) electrons. The molecule has 1 fully saturated rings. The molecule has 30 heavy (non-hydrogen) atoms. The van der Waals surface area contributed by atoms with Crippen LogP contribution in [0, 0.1) is 0 Å². The minimum Gasteiger partial charge on any atom is -0.223 e. The summed E-state index contributed by atoms with van der Waals surface area (Å²) >= 11 is 18.0. The predicted octanol–water partition coefficient (Wildman–Crippen LogP) is 4.92. The Bertz CT molecular complexity index is 1180. The highest BCUT2D eigenvalue weighted by atomic mass is 35.5. The van der Waals surface area contributed by atoms with Gasteiger partial charge in [0.05, 0.1) is 4.90 Å². The molecule has 0 bridgehead atoms. The average Bonchev–Trinajstić information content (AvgIpc) is 2.59. The molecule has 13 heteroatoms. The van der Waals surface area contributed by atoms with Gasteiger partial charge in [-0.25, -0.2) is 21.6 Å². The van der Waals surface area contributed by atoms with E-state index in [1.807, 2.05) is 0 Å². The molecule has 1 saturated carbocycles. The summed E-state index contributed by atoms with van der Waals surface area (Å²) in [5.41, 5.74) is -5.44. The molecule has 0 atom stereocenters. The number of alkyl halides is 3. The number of hydrogen-bond donors (Lipinski definition) is 1. The standard InChI is InChI=1S/C17H13Cl3F3NO4S2/c18-10-1-4-13(5-2-10)29(25,26)16(14-7-11(19)3-6-15(14)20)8-12(9-16)24-30(27,28)17(21,22)23/h1-7,12,24H,8-9H2. The molecule has 0 spiro atoms. The SMILES string of the molecule is O=S(=O)(NC1CC(c2cc(Cl)ccc2Cl)(S(=O)(=O)c2ccc(Cl)cc2)C1)C(F)(F)F. The van der Waals surface area contributed by atoms with E-state index in [2.05, 4.69) is 0 Å². The molecule has 1 aliphatic carbocycles. The summed E-state index contributed by atoms with van der Waals surface area (Å²) in [6.07, 6.45) is -0.930. The molecular formula is C17H13Cl3F3NO4S2. The van der Waals surface area contributed by atoms with E-state index >= 15 is 0 Å². The van der Waals surface area contributed by atoms with Gasteiger partial charge in [-0.2, -0.15) is 13.2 Å². The zero-order valence-electron chi connectivity index (χ0n) is 14.8. The lowest BCUT2D eigenvalue weighted by molar-refractivity contribution is -0.0455. The minimum absolute atomic E-state index is 0.0362. The lowest BCUT2D eigenvalue weighted by atomic mass is 9.75. The molecule has 3 rings (SSSR count). The highest BCUT2D eigenvalue weighted by Gasteiger charge is 2.59. The van der Waals surface area contributed by atoms with Gasteiger partial charge in [0.25, 0.3) is 0 Å². The van der Waals surface area contributed by atoms with E-state index in [0.29, 0.717) is 0 Å². The predicted molar refractivity (Wildman–Crippen MR) is 108 cm³/mol. The van der Waals surface area contributed by atoms with Crippen LogP contribution in [0.3, 0.4) is 0 Å². The number of halogens is 6. The lowest BCUT2D eigenvalue weighted by Crippen LogP contribution is -2.58. The summed E-state index contributed by atoms with van der Waals surface area (Å²) in [4.78, 5) is -0.139. The van der Waals surface area contributed by atoms with Crippen molar-refractivity contribution in [1.82, 2.24) is 4.72 Å². The highest BCUT2D eigenvalue weighted by molar-refractivity contribution is 7.92. The summed E-state index contributed by atoms with van der Waals surface area (Å²) in [6, 6.07) is 8.05. The summed E-state index contributed by atoms with van der Waals surface area (Å²) in [5.74, 6) is 0. The van der Waals surface area contributed by atoms with E-state index < -0.39 is 49.0 Å². The number of rotatable bonds is 5. The van der Waals surface area contributed by atoms with Gasteiger partial charge in [0.15, 0.2) is 9.84 Å². The summed E-state index contributed by atoms with van der Waals surface area (Å²) in [7, 11) is -9.86. The third-order valence-corrected chi connectivity index (χ3v) is 9.38. The van der Waals surface area contributed by atoms with E-state index in [1.165, 1.54) is 47.2 Å². The normalized spacial score (nSPS) is 22.5. The maximum Gasteiger partial charge on any atom is 0.511 e. The first-order chi connectivity index (χ1) is 13.7. The van der Waals surface area contributed by atoms with Crippen molar-refractivity contribution in [3.05, 3.63) is 63.1 Å². The Morgan fingerprint density at radius 2 is 1.43 bits per heavy atom. The molecule has 2 aromatic rings. The minimum atomic E-state index is -5.65. The molecule has 0 unspecified atom stereocenters. The molecule has 0 aromatic heterocycles. The van der Waals surface area contributed by atoms with Gasteiger partial charge >= 0.3 is 15.5 Å². The molecule has 1 aliphatic rings. The molecule has 0 heterocycles. The average molecular weight is 523 g/mol. The number of sulfonamides is 1. The fourth-order valence-corrected chi connectivity index (χ4v) is 7.01. The van der Waals surface area contributed by atoms with Crippen molar-refractivity contribution in [2.45, 2.75) is 34.0 Å². The Kier molecular flexibility index (Phi) is 6.16. The van der Waals surface area contributed by atoms with Crippen LogP contribution in [-0.2, 0) is 24.6 Å². The van der Waals surface area contributed by atoms with Crippen molar-refractivity contribution in [2.24, 2.45) is 0 Å². The second kappa shape index (κ2) is 7.83. The van der Waals surface area contributed by atoms with Crippen molar-refractivity contribution in [3.8, 4) is 0 Å². The second-order valence-electron chi connectivity index (χ2n) is 6.75. The Morgan fingerprint density at radius 3 is 1.97 bits per heavy atom. The maximum atomic E-state index is 13.5. The molecule has 0 amide bonds. The van der Waals surface area contributed by atoms with E-state index in [9.17, 15) is 30.0 Å². The van der Waals surface area contributed by atoms with Gasteiger partial charge < -0.3 is 0 Å². The van der Waals surface area contributed by atoms with E-state index in [1.54, 1.807) is 0 Å². The van der Waals surface area contributed by atoms with Gasteiger partial charge in [-0.3, -0.25) is 0 Å². The number of hydrogen-bond acceptors (Lipinski definition) is 4. The Morgan fingerprint density at radius 1 is 0.900 bits per heavy atom. The van der Waals surface area contributed by atoms with Crippen LogP contribution >= 0.6 is 34.8 Å². The third-order valence-electron chi connectivity index (χ3n) is 4.84. The molecular weight excluding hydrogens is 510 g/mol. The first kappa shape index (κ1) is 23.6. The summed E-state index contributed by atoms with van der Waals surface area (Å²) in [6.45, 7) is 0. The van der Waals surface area contributed by atoms with Crippen molar-refractivity contribution in [1.29, 1.82) is 0 Å². The molecule has 164 valence electrons. The smallest absolute Gasteiger partial charge is 0.223 e. The van der Waals surface area contributed by atoms with E-state index in [-0.39, 0.29) is 25.5 Å². The van der Waals surface area contributed by atoms with Crippen LogP contribution in [0.2, 0.25) is 15.1 Å². The van der Waals surface area contributed by atoms with Gasteiger partial charge in [0, 0.05) is 21.1 Å². The Balaban J connectivity index is 2.07. The third kappa shape index (κ3) is 4.05. The van der Waals surface area contributed by atoms with E-state index in [4.69, 9.17) is 34.8 Å². The van der Waals surface area contributed by atoms with Crippen LogP contribution < -0.4 is 4.72 Å². The van der Waals surface area contributed by atoms with E-state index in [0.717, 1.165) is 0 Å². The monoisotopic (exact) mass is 521 g/mol. The lowest BCUT2D eigenvalue weighted by Gasteiger charge is -2.47. The molecule has 2 aromatic carbocycles. The largest absolute Gasteiger partial charge is 0.511 e. The van der Waals surface area contributed by atoms with Crippen molar-refractivity contribution < 1.29 is 30.0 Å². The van der Waals surface area contributed by atoms with Crippen LogP contribution in [0.4, 0.5) is 13.2 Å². The zero-order valence-corrected chi connectivity index (χ0v) is 18.7. The second-order valence-corrected chi connectivity index (χ2v) is 12.0. The van der Waals surface area contributed by atoms with Crippen LogP contribution in [-0.4, -0.2) is 28.4 Å². The Hall–Kier alpha value is -1.04. The molecule has 5 nitrogen and oxygen atoms in total. The maximum absolute atomic E-state index is 13.5.